The molecule has 2 unspecified atom stereocenters. The summed E-state index contributed by atoms with van der Waals surface area (Å²) < 4.78 is 0.843. The Morgan fingerprint density at radius 2 is 1.71 bits per heavy atom. The van der Waals surface area contributed by atoms with Gasteiger partial charge in [-0.2, -0.15) is 0 Å². The van der Waals surface area contributed by atoms with Crippen molar-refractivity contribution in [1.82, 2.24) is 0 Å². The lowest BCUT2D eigenvalue weighted by Gasteiger charge is -2.65. The van der Waals surface area contributed by atoms with Crippen LogP contribution in [0.1, 0.15) is 76.5 Å². The van der Waals surface area contributed by atoms with Crippen molar-refractivity contribution in [3.05, 3.63) is 34.9 Å². The largest absolute Gasteiger partial charge is 0.0820 e. The van der Waals surface area contributed by atoms with Gasteiger partial charge in [-0.05, 0) is 84.7 Å². The van der Waals surface area contributed by atoms with Crippen LogP contribution in [-0.4, -0.2) is 3.92 Å². The molecule has 1 aromatic carbocycles. The molecule has 0 radical (unpaired) electrons. The summed E-state index contributed by atoms with van der Waals surface area (Å²) in [5.74, 6) is 1.76. The monoisotopic (exact) mass is 436 g/mol. The van der Waals surface area contributed by atoms with Crippen molar-refractivity contribution >= 4 is 22.6 Å². The normalized spacial score (nSPS) is 43.5. The second kappa shape index (κ2) is 5.47. The zero-order valence-corrected chi connectivity index (χ0v) is 18.2. The van der Waals surface area contributed by atoms with E-state index in [2.05, 4.69) is 75.4 Å². The zero-order chi connectivity index (χ0) is 17.3. The van der Waals surface area contributed by atoms with Gasteiger partial charge in [-0.25, -0.2) is 0 Å². The van der Waals surface area contributed by atoms with Crippen molar-refractivity contribution in [3.8, 4) is 0 Å². The Morgan fingerprint density at radius 1 is 0.958 bits per heavy atom. The van der Waals surface area contributed by atoms with Crippen LogP contribution in [0.4, 0.5) is 0 Å². The molecule has 0 amide bonds. The topological polar surface area (TPSA) is 0 Å². The van der Waals surface area contributed by atoms with Crippen LogP contribution in [0.2, 0.25) is 0 Å². The molecule has 1 heteroatoms. The molecule has 132 valence electrons. The first-order valence-corrected chi connectivity index (χ1v) is 11.2. The first-order valence-electron chi connectivity index (χ1n) is 9.94. The molecule has 0 nitrogen and oxygen atoms in total. The van der Waals surface area contributed by atoms with Crippen LogP contribution in [0.25, 0.3) is 0 Å². The van der Waals surface area contributed by atoms with Crippen LogP contribution in [0.15, 0.2) is 18.2 Å². The molecule has 2 fully saturated rings. The summed E-state index contributed by atoms with van der Waals surface area (Å²) in [6, 6.07) is 7.27. The smallest absolute Gasteiger partial charge is 0.0164 e. The third kappa shape index (κ3) is 2.21. The number of benzene rings is 1. The Balaban J connectivity index is 1.81. The van der Waals surface area contributed by atoms with Crippen LogP contribution in [-0.2, 0) is 11.8 Å². The standard InChI is InChI=1S/C23H33I/c1-15-6-7-16-8-9-19-22(4,17(16)14-15)12-10-18-21(2,3)20(24)11-13-23(18,19)5/h6-7,14,18-20H,8-13H2,1-5H3/t18?,19?,20-,22-,23-/m0/s1. The second-order valence-corrected chi connectivity index (χ2v) is 11.6. The van der Waals surface area contributed by atoms with E-state index in [0.717, 1.165) is 15.8 Å². The molecule has 0 spiro atoms. The van der Waals surface area contributed by atoms with Crippen molar-refractivity contribution in [3.63, 3.8) is 0 Å². The Labute approximate surface area is 162 Å². The number of rotatable bonds is 0. The highest BCUT2D eigenvalue weighted by Crippen LogP contribution is 2.67. The summed E-state index contributed by atoms with van der Waals surface area (Å²) >= 11 is 2.75. The number of alkyl halides is 1. The minimum atomic E-state index is 0.402. The molecular weight excluding hydrogens is 403 g/mol. The van der Waals surface area contributed by atoms with E-state index in [4.69, 9.17) is 0 Å². The van der Waals surface area contributed by atoms with E-state index >= 15 is 0 Å². The first kappa shape index (κ1) is 17.4. The molecule has 2 saturated carbocycles. The van der Waals surface area contributed by atoms with Crippen molar-refractivity contribution < 1.29 is 0 Å². The molecule has 24 heavy (non-hydrogen) atoms. The van der Waals surface area contributed by atoms with Crippen molar-refractivity contribution in [1.29, 1.82) is 0 Å². The maximum Gasteiger partial charge on any atom is 0.0164 e. The van der Waals surface area contributed by atoms with Gasteiger partial charge in [-0.3, -0.25) is 0 Å². The fourth-order valence-electron chi connectivity index (χ4n) is 7.23. The van der Waals surface area contributed by atoms with E-state index in [0.29, 0.717) is 16.2 Å². The van der Waals surface area contributed by atoms with Gasteiger partial charge in [0, 0.05) is 3.92 Å². The van der Waals surface area contributed by atoms with E-state index in [9.17, 15) is 0 Å². The summed E-state index contributed by atoms with van der Waals surface area (Å²) in [4.78, 5) is 0. The van der Waals surface area contributed by atoms with Gasteiger partial charge in [0.15, 0.2) is 0 Å². The molecule has 4 rings (SSSR count). The summed E-state index contributed by atoms with van der Waals surface area (Å²) in [6.45, 7) is 12.7. The summed E-state index contributed by atoms with van der Waals surface area (Å²) in [6.07, 6.45) is 8.36. The molecule has 0 bridgehead atoms. The van der Waals surface area contributed by atoms with Gasteiger partial charge >= 0.3 is 0 Å². The molecule has 1 aromatic rings. The molecule has 0 aliphatic heterocycles. The van der Waals surface area contributed by atoms with Crippen molar-refractivity contribution in [2.24, 2.45) is 22.7 Å². The van der Waals surface area contributed by atoms with Crippen molar-refractivity contribution in [2.75, 3.05) is 0 Å². The van der Waals surface area contributed by atoms with Gasteiger partial charge < -0.3 is 0 Å². The molecule has 0 N–H and O–H groups in total. The lowest BCUT2D eigenvalue weighted by molar-refractivity contribution is -0.105. The lowest BCUT2D eigenvalue weighted by Crippen LogP contribution is -2.59. The van der Waals surface area contributed by atoms with Crippen LogP contribution in [0.3, 0.4) is 0 Å². The third-order valence-electron chi connectivity index (χ3n) is 8.54. The van der Waals surface area contributed by atoms with Gasteiger partial charge in [-0.15, -0.1) is 0 Å². The average Bonchev–Trinajstić information content (AvgIpc) is 2.51. The SMILES string of the molecule is Cc1ccc2c(c1)[C@]1(C)CCC3C(C)(C)[C@@H](I)CC[C@]3(C)C1CC2. The minimum Gasteiger partial charge on any atom is -0.0820 e. The number of hydrogen-bond acceptors (Lipinski definition) is 0. The second-order valence-electron chi connectivity index (χ2n) is 10.1. The zero-order valence-electron chi connectivity index (χ0n) is 16.1. The Kier molecular flexibility index (Phi) is 3.96. The molecule has 0 saturated heterocycles. The van der Waals surface area contributed by atoms with Crippen LogP contribution in [0.5, 0.6) is 0 Å². The van der Waals surface area contributed by atoms with Crippen molar-refractivity contribution in [2.45, 2.75) is 82.5 Å². The maximum atomic E-state index is 2.75. The summed E-state index contributed by atoms with van der Waals surface area (Å²) in [5, 5.41) is 0. The lowest BCUT2D eigenvalue weighted by atomic mass is 9.40. The molecular formula is C23H33I. The van der Waals surface area contributed by atoms with E-state index in [1.165, 1.54) is 44.1 Å². The molecule has 0 heterocycles. The van der Waals surface area contributed by atoms with Gasteiger partial charge in [0.2, 0.25) is 0 Å². The average molecular weight is 436 g/mol. The fraction of sp³-hybridized carbons (Fsp3) is 0.739. The highest BCUT2D eigenvalue weighted by atomic mass is 127. The Bertz CT molecular complexity index is 660. The van der Waals surface area contributed by atoms with E-state index in [1.807, 2.05) is 0 Å². The first-order chi connectivity index (χ1) is 11.2. The van der Waals surface area contributed by atoms with Crippen LogP contribution >= 0.6 is 22.6 Å². The predicted molar refractivity (Wildman–Crippen MR) is 112 cm³/mol. The number of aryl methyl sites for hydroxylation is 2. The van der Waals surface area contributed by atoms with Gasteiger partial charge in [0.25, 0.3) is 0 Å². The summed E-state index contributed by atoms with van der Waals surface area (Å²) in [7, 11) is 0. The third-order valence-corrected chi connectivity index (χ3v) is 10.8. The van der Waals surface area contributed by atoms with E-state index < -0.39 is 0 Å². The Hall–Kier alpha value is -0.0500. The van der Waals surface area contributed by atoms with E-state index in [1.54, 1.807) is 11.1 Å². The maximum absolute atomic E-state index is 2.75. The van der Waals surface area contributed by atoms with Gasteiger partial charge in [0.05, 0.1) is 0 Å². The molecule has 3 aliphatic carbocycles. The summed E-state index contributed by atoms with van der Waals surface area (Å²) in [5.41, 5.74) is 6.20. The highest BCUT2D eigenvalue weighted by Gasteiger charge is 2.61. The van der Waals surface area contributed by atoms with Crippen LogP contribution in [0, 0.1) is 29.6 Å². The van der Waals surface area contributed by atoms with E-state index in [-0.39, 0.29) is 0 Å². The van der Waals surface area contributed by atoms with Gasteiger partial charge in [-0.1, -0.05) is 74.0 Å². The highest BCUT2D eigenvalue weighted by molar-refractivity contribution is 14.1. The number of hydrogen-bond donors (Lipinski definition) is 0. The molecule has 3 aliphatic rings. The quantitative estimate of drug-likeness (QED) is 0.308. The van der Waals surface area contributed by atoms with Crippen LogP contribution < -0.4 is 0 Å². The number of fused-ring (bicyclic) bond motifs is 5. The molecule has 5 atom stereocenters. The number of halogens is 1. The van der Waals surface area contributed by atoms with Gasteiger partial charge in [0.1, 0.15) is 0 Å². The Morgan fingerprint density at radius 3 is 2.46 bits per heavy atom. The molecule has 0 aromatic heterocycles. The fourth-order valence-corrected chi connectivity index (χ4v) is 7.97. The minimum absolute atomic E-state index is 0.402. The predicted octanol–water partition coefficient (Wildman–Crippen LogP) is 6.86.